The van der Waals surface area contributed by atoms with Crippen molar-refractivity contribution in [2.24, 2.45) is 0 Å². The molecule has 5 aromatic rings. The fourth-order valence-corrected chi connectivity index (χ4v) is 6.08. The van der Waals surface area contributed by atoms with Crippen LogP contribution in [0.1, 0.15) is 12.6 Å². The standard InChI is InChI=1S/C26H23N5O5S2/c32-12-17-16(33)11-22(36-17)31-14-27-24-23(20-9-8-19(38-20)18-7-4-10-37-18)29-26(30-25(24)31)28-21(34)13-35-15-5-2-1-3-6-15/h1-10,14,16-17,22,32-33H,11-13H2,(H,28,29,30,34)/t16-,17+,22+/m0/s1. The number of anilines is 1. The third kappa shape index (κ3) is 4.91. The number of nitrogens with zero attached hydrogens (tertiary/aromatic N) is 4. The smallest absolute Gasteiger partial charge is 0.264 e. The minimum Gasteiger partial charge on any atom is -0.484 e. The summed E-state index contributed by atoms with van der Waals surface area (Å²) in [5.74, 6) is 0.260. The fourth-order valence-electron chi connectivity index (χ4n) is 4.25. The average molecular weight is 550 g/mol. The van der Waals surface area contributed by atoms with E-state index in [0.717, 1.165) is 14.6 Å². The Hall–Kier alpha value is -3.68. The van der Waals surface area contributed by atoms with Gasteiger partial charge in [0.05, 0.1) is 23.9 Å². The number of amides is 1. The van der Waals surface area contributed by atoms with E-state index in [9.17, 15) is 15.0 Å². The number of hydrogen-bond donors (Lipinski definition) is 3. The lowest BCUT2D eigenvalue weighted by atomic mass is 10.2. The Morgan fingerprint density at radius 3 is 2.71 bits per heavy atom. The molecule has 0 saturated carbocycles. The summed E-state index contributed by atoms with van der Waals surface area (Å²) >= 11 is 3.22. The fraction of sp³-hybridized carbons (Fsp3) is 0.231. The van der Waals surface area contributed by atoms with E-state index in [4.69, 9.17) is 9.47 Å². The number of imidazole rings is 1. The lowest BCUT2D eigenvalue weighted by molar-refractivity contribution is -0.118. The van der Waals surface area contributed by atoms with E-state index >= 15 is 0 Å². The van der Waals surface area contributed by atoms with E-state index < -0.39 is 24.3 Å². The number of thiophene rings is 2. The zero-order chi connectivity index (χ0) is 26.1. The van der Waals surface area contributed by atoms with Crippen molar-refractivity contribution in [3.8, 4) is 26.1 Å². The van der Waals surface area contributed by atoms with Crippen LogP contribution in [0, 0.1) is 0 Å². The molecule has 0 unspecified atom stereocenters. The summed E-state index contributed by atoms with van der Waals surface area (Å²) in [6.07, 6.45) is -0.241. The highest BCUT2D eigenvalue weighted by molar-refractivity contribution is 7.23. The molecule has 1 aliphatic heterocycles. The number of aliphatic hydroxyl groups is 2. The van der Waals surface area contributed by atoms with E-state index in [1.165, 1.54) is 0 Å². The summed E-state index contributed by atoms with van der Waals surface area (Å²) < 4.78 is 13.1. The molecule has 3 atom stereocenters. The first-order chi connectivity index (χ1) is 18.6. The summed E-state index contributed by atoms with van der Waals surface area (Å²) in [4.78, 5) is 29.6. The number of hydrogen-bond acceptors (Lipinski definition) is 10. The molecule has 1 fully saturated rings. The first-order valence-corrected chi connectivity index (χ1v) is 13.6. The number of aromatic nitrogens is 4. The molecule has 1 aromatic carbocycles. The van der Waals surface area contributed by atoms with E-state index in [2.05, 4.69) is 26.3 Å². The maximum absolute atomic E-state index is 12.7. The van der Waals surface area contributed by atoms with Gasteiger partial charge in [-0.15, -0.1) is 22.7 Å². The number of fused-ring (bicyclic) bond motifs is 1. The maximum Gasteiger partial charge on any atom is 0.264 e. The van der Waals surface area contributed by atoms with Crippen LogP contribution in [0.4, 0.5) is 5.95 Å². The summed E-state index contributed by atoms with van der Waals surface area (Å²) in [7, 11) is 0. The minimum absolute atomic E-state index is 0.0965. The Balaban J connectivity index is 1.35. The van der Waals surface area contributed by atoms with Gasteiger partial charge in [-0.05, 0) is 35.7 Å². The number of carbonyl (C=O) groups is 1. The second-order valence-corrected chi connectivity index (χ2v) is 10.7. The van der Waals surface area contributed by atoms with Crippen molar-refractivity contribution in [3.63, 3.8) is 0 Å². The molecule has 6 rings (SSSR count). The van der Waals surface area contributed by atoms with E-state index in [1.807, 2.05) is 41.8 Å². The molecule has 1 amide bonds. The van der Waals surface area contributed by atoms with Gasteiger partial charge in [-0.3, -0.25) is 14.7 Å². The highest BCUT2D eigenvalue weighted by atomic mass is 32.1. The molecule has 4 aromatic heterocycles. The molecule has 12 heteroatoms. The highest BCUT2D eigenvalue weighted by Crippen LogP contribution is 2.39. The Bertz CT molecular complexity index is 1550. The molecule has 1 aliphatic rings. The number of rotatable bonds is 8. The maximum atomic E-state index is 12.7. The molecule has 3 N–H and O–H groups in total. The summed E-state index contributed by atoms with van der Waals surface area (Å²) in [6.45, 7) is -0.508. The van der Waals surface area contributed by atoms with Crippen molar-refractivity contribution in [1.82, 2.24) is 19.5 Å². The van der Waals surface area contributed by atoms with Crippen molar-refractivity contribution in [2.75, 3.05) is 18.5 Å². The second kappa shape index (κ2) is 10.6. The Morgan fingerprint density at radius 2 is 1.95 bits per heavy atom. The molecule has 1 saturated heterocycles. The van der Waals surface area contributed by atoms with Gasteiger partial charge in [0.25, 0.3) is 5.91 Å². The molecule has 194 valence electrons. The third-order valence-electron chi connectivity index (χ3n) is 6.08. The quantitative estimate of drug-likeness (QED) is 0.265. The molecular formula is C26H23N5O5S2. The normalized spacial score (nSPS) is 19.2. The number of ether oxygens (including phenoxy) is 2. The third-order valence-corrected chi connectivity index (χ3v) is 8.24. The van der Waals surface area contributed by atoms with Gasteiger partial charge in [0.2, 0.25) is 5.95 Å². The van der Waals surface area contributed by atoms with Crippen molar-refractivity contribution in [1.29, 1.82) is 0 Å². The molecule has 10 nitrogen and oxygen atoms in total. The predicted molar refractivity (Wildman–Crippen MR) is 144 cm³/mol. The van der Waals surface area contributed by atoms with Gasteiger partial charge in [0, 0.05) is 16.2 Å². The number of nitrogens with one attached hydrogen (secondary N) is 1. The number of carbonyl (C=O) groups excluding carboxylic acids is 1. The lowest BCUT2D eigenvalue weighted by Gasteiger charge is -2.14. The van der Waals surface area contributed by atoms with Crippen LogP contribution in [0.2, 0.25) is 0 Å². The van der Waals surface area contributed by atoms with Crippen LogP contribution in [0.15, 0.2) is 66.3 Å². The largest absolute Gasteiger partial charge is 0.484 e. The molecule has 38 heavy (non-hydrogen) atoms. The van der Waals surface area contributed by atoms with Gasteiger partial charge in [0.15, 0.2) is 12.3 Å². The van der Waals surface area contributed by atoms with Crippen molar-refractivity contribution in [2.45, 2.75) is 24.9 Å². The van der Waals surface area contributed by atoms with Gasteiger partial charge < -0.3 is 19.7 Å². The van der Waals surface area contributed by atoms with E-state index in [0.29, 0.717) is 22.6 Å². The van der Waals surface area contributed by atoms with Crippen LogP contribution in [-0.4, -0.2) is 61.1 Å². The molecule has 0 bridgehead atoms. The van der Waals surface area contributed by atoms with Crippen LogP contribution in [-0.2, 0) is 9.53 Å². The SMILES string of the molecule is O=C(COc1ccccc1)Nc1nc(-c2ccc(-c3cccs3)s2)c2ncn([C@H]3C[C@H](O)[C@@H](CO)O3)c2n1. The van der Waals surface area contributed by atoms with Gasteiger partial charge in [-0.25, -0.2) is 9.97 Å². The number of aliphatic hydroxyl groups excluding tert-OH is 2. The van der Waals surface area contributed by atoms with Gasteiger partial charge in [-0.2, -0.15) is 4.98 Å². The zero-order valence-electron chi connectivity index (χ0n) is 19.9. The molecule has 5 heterocycles. The molecule has 0 aliphatic carbocycles. The topological polar surface area (TPSA) is 132 Å². The first kappa shape index (κ1) is 24.6. The van der Waals surface area contributed by atoms with Crippen LogP contribution in [0.25, 0.3) is 31.5 Å². The second-order valence-electron chi connectivity index (χ2n) is 8.63. The van der Waals surface area contributed by atoms with Gasteiger partial charge >= 0.3 is 0 Å². The molecule has 0 spiro atoms. The van der Waals surface area contributed by atoms with Gasteiger partial charge in [0.1, 0.15) is 29.3 Å². The number of benzene rings is 1. The Morgan fingerprint density at radius 1 is 1.11 bits per heavy atom. The van der Waals surface area contributed by atoms with Crippen molar-refractivity contribution in [3.05, 3.63) is 66.3 Å². The summed E-state index contributed by atoms with van der Waals surface area (Å²) in [5, 5.41) is 24.5. The summed E-state index contributed by atoms with van der Waals surface area (Å²) in [5.41, 5.74) is 1.54. The van der Waals surface area contributed by atoms with Crippen LogP contribution < -0.4 is 10.1 Å². The zero-order valence-corrected chi connectivity index (χ0v) is 21.6. The van der Waals surface area contributed by atoms with Crippen molar-refractivity contribution < 1.29 is 24.5 Å². The Kier molecular flexibility index (Phi) is 6.87. The predicted octanol–water partition coefficient (Wildman–Crippen LogP) is 3.94. The summed E-state index contributed by atoms with van der Waals surface area (Å²) in [6, 6.07) is 17.1. The number of para-hydroxylation sites is 1. The van der Waals surface area contributed by atoms with Crippen LogP contribution in [0.5, 0.6) is 5.75 Å². The molecule has 0 radical (unpaired) electrons. The molecular weight excluding hydrogens is 526 g/mol. The first-order valence-electron chi connectivity index (χ1n) is 11.9. The van der Waals surface area contributed by atoms with E-state index in [-0.39, 0.29) is 25.6 Å². The lowest BCUT2D eigenvalue weighted by Crippen LogP contribution is -2.24. The average Bonchev–Trinajstić information content (AvgIpc) is 3.74. The minimum atomic E-state index is -0.816. The van der Waals surface area contributed by atoms with Crippen molar-refractivity contribution >= 4 is 45.7 Å². The Labute approximate surface area is 225 Å². The van der Waals surface area contributed by atoms with Crippen LogP contribution in [0.3, 0.4) is 0 Å². The van der Waals surface area contributed by atoms with Gasteiger partial charge in [-0.1, -0.05) is 24.3 Å². The highest BCUT2D eigenvalue weighted by Gasteiger charge is 2.35. The monoisotopic (exact) mass is 549 g/mol. The van der Waals surface area contributed by atoms with E-state index in [1.54, 1.807) is 45.7 Å². The van der Waals surface area contributed by atoms with Crippen LogP contribution >= 0.6 is 22.7 Å².